The molecule has 1 aromatic carbocycles. The minimum absolute atomic E-state index is 0.0557. The summed E-state index contributed by atoms with van der Waals surface area (Å²) in [7, 11) is 1.19. The molecule has 0 saturated heterocycles. The molecule has 2 N–H and O–H groups in total. The Morgan fingerprint density at radius 2 is 2.05 bits per heavy atom. The molecule has 0 aliphatic rings. The lowest BCUT2D eigenvalue weighted by Crippen LogP contribution is -2.51. The number of aldehydes is 1. The van der Waals surface area contributed by atoms with E-state index in [0.29, 0.717) is 11.8 Å². The second kappa shape index (κ2) is 6.05. The molecular formula is C12H14N2O5. The van der Waals surface area contributed by atoms with Crippen molar-refractivity contribution in [3.8, 4) is 0 Å². The molecule has 0 fully saturated rings. The summed E-state index contributed by atoms with van der Waals surface area (Å²) in [5.74, 6) is -0.696. The summed E-state index contributed by atoms with van der Waals surface area (Å²) in [6.07, 6.45) is 0.426. The van der Waals surface area contributed by atoms with E-state index in [9.17, 15) is 19.7 Å². The SMILES string of the molecule is COC(=O)C(N)(CC=O)Cc1ccc([N+](=O)[O-])cc1. The third-order valence-corrected chi connectivity index (χ3v) is 2.71. The number of carbonyl (C=O) groups is 2. The van der Waals surface area contributed by atoms with E-state index in [1.165, 1.54) is 31.4 Å². The molecule has 0 radical (unpaired) electrons. The van der Waals surface area contributed by atoms with Crippen LogP contribution in [0.2, 0.25) is 0 Å². The highest BCUT2D eigenvalue weighted by atomic mass is 16.6. The molecule has 0 aromatic heterocycles. The van der Waals surface area contributed by atoms with Gasteiger partial charge in [-0.15, -0.1) is 0 Å². The number of benzene rings is 1. The predicted octanol–water partition coefficient (Wildman–Crippen LogP) is 0.597. The summed E-state index contributed by atoms with van der Waals surface area (Å²) in [6, 6.07) is 5.61. The van der Waals surface area contributed by atoms with Crippen LogP contribution in [0.3, 0.4) is 0 Å². The van der Waals surface area contributed by atoms with Crippen LogP contribution in [-0.2, 0) is 20.7 Å². The van der Waals surface area contributed by atoms with E-state index in [-0.39, 0.29) is 18.5 Å². The number of rotatable bonds is 6. The lowest BCUT2D eigenvalue weighted by atomic mass is 9.89. The monoisotopic (exact) mass is 266 g/mol. The van der Waals surface area contributed by atoms with Gasteiger partial charge in [-0.05, 0) is 5.56 Å². The van der Waals surface area contributed by atoms with Gasteiger partial charge in [0.2, 0.25) is 0 Å². The first kappa shape index (κ1) is 14.8. The Kier molecular flexibility index (Phi) is 4.71. The number of nitro benzene ring substituents is 1. The molecule has 0 bridgehead atoms. The number of esters is 1. The van der Waals surface area contributed by atoms with Crippen molar-refractivity contribution in [2.45, 2.75) is 18.4 Å². The second-order valence-electron chi connectivity index (χ2n) is 4.12. The van der Waals surface area contributed by atoms with Gasteiger partial charge in [0.15, 0.2) is 0 Å². The number of nitrogens with two attached hydrogens (primary N) is 1. The van der Waals surface area contributed by atoms with Crippen molar-refractivity contribution >= 4 is 17.9 Å². The zero-order valence-corrected chi connectivity index (χ0v) is 10.4. The average molecular weight is 266 g/mol. The molecule has 1 atom stereocenters. The van der Waals surface area contributed by atoms with Crippen LogP contribution in [0, 0.1) is 10.1 Å². The van der Waals surface area contributed by atoms with Crippen LogP contribution in [0.25, 0.3) is 0 Å². The van der Waals surface area contributed by atoms with Crippen molar-refractivity contribution in [2.24, 2.45) is 5.73 Å². The van der Waals surface area contributed by atoms with E-state index in [0.717, 1.165) is 0 Å². The third-order valence-electron chi connectivity index (χ3n) is 2.71. The molecule has 7 heteroatoms. The topological polar surface area (TPSA) is 113 Å². The zero-order chi connectivity index (χ0) is 14.5. The van der Waals surface area contributed by atoms with Crippen LogP contribution in [0.5, 0.6) is 0 Å². The molecule has 1 rings (SSSR count). The predicted molar refractivity (Wildman–Crippen MR) is 66.4 cm³/mol. The van der Waals surface area contributed by atoms with Crippen LogP contribution < -0.4 is 5.73 Å². The van der Waals surface area contributed by atoms with Gasteiger partial charge in [0, 0.05) is 25.0 Å². The summed E-state index contributed by atoms with van der Waals surface area (Å²) in [5.41, 5.74) is 4.96. The number of nitro groups is 1. The molecule has 0 heterocycles. The van der Waals surface area contributed by atoms with E-state index in [2.05, 4.69) is 4.74 Å². The fourth-order valence-corrected chi connectivity index (χ4v) is 1.68. The van der Waals surface area contributed by atoms with Gasteiger partial charge >= 0.3 is 5.97 Å². The maximum Gasteiger partial charge on any atom is 0.326 e. The maximum absolute atomic E-state index is 11.6. The molecule has 0 aliphatic heterocycles. The Morgan fingerprint density at radius 3 is 2.47 bits per heavy atom. The van der Waals surface area contributed by atoms with Gasteiger partial charge in [-0.1, -0.05) is 12.1 Å². The molecular weight excluding hydrogens is 252 g/mol. The van der Waals surface area contributed by atoms with Gasteiger partial charge in [-0.3, -0.25) is 14.9 Å². The molecule has 1 unspecified atom stereocenters. The number of non-ortho nitro benzene ring substituents is 1. The Balaban J connectivity index is 2.93. The summed E-state index contributed by atoms with van der Waals surface area (Å²) >= 11 is 0. The van der Waals surface area contributed by atoms with E-state index < -0.39 is 16.4 Å². The summed E-state index contributed by atoms with van der Waals surface area (Å²) < 4.78 is 4.57. The number of nitrogens with zero attached hydrogens (tertiary/aromatic N) is 1. The van der Waals surface area contributed by atoms with Crippen molar-refractivity contribution in [2.75, 3.05) is 7.11 Å². The summed E-state index contributed by atoms with van der Waals surface area (Å²) in [6.45, 7) is 0. The first-order valence-electron chi connectivity index (χ1n) is 5.47. The molecule has 7 nitrogen and oxygen atoms in total. The highest BCUT2D eigenvalue weighted by molar-refractivity contribution is 5.84. The van der Waals surface area contributed by atoms with Crippen LogP contribution in [0.4, 0.5) is 5.69 Å². The van der Waals surface area contributed by atoms with Gasteiger partial charge in [0.25, 0.3) is 5.69 Å². The Morgan fingerprint density at radius 1 is 1.47 bits per heavy atom. The third kappa shape index (κ3) is 3.59. The molecule has 0 aliphatic carbocycles. The summed E-state index contributed by atoms with van der Waals surface area (Å²) in [5, 5.41) is 10.5. The van der Waals surface area contributed by atoms with Crippen LogP contribution >= 0.6 is 0 Å². The lowest BCUT2D eigenvalue weighted by molar-refractivity contribution is -0.384. The molecule has 0 amide bonds. The average Bonchev–Trinajstić information content (AvgIpc) is 2.38. The van der Waals surface area contributed by atoms with Gasteiger partial charge in [-0.25, -0.2) is 0 Å². The highest BCUT2D eigenvalue weighted by Gasteiger charge is 2.35. The van der Waals surface area contributed by atoms with E-state index in [4.69, 9.17) is 5.73 Å². The maximum atomic E-state index is 11.6. The smallest absolute Gasteiger partial charge is 0.326 e. The van der Waals surface area contributed by atoms with Crippen molar-refractivity contribution in [3.05, 3.63) is 39.9 Å². The molecule has 0 spiro atoms. The minimum Gasteiger partial charge on any atom is -0.468 e. The first-order valence-corrected chi connectivity index (χ1v) is 5.47. The van der Waals surface area contributed by atoms with Gasteiger partial charge < -0.3 is 15.3 Å². The first-order chi connectivity index (χ1) is 8.92. The zero-order valence-electron chi connectivity index (χ0n) is 10.4. The molecule has 102 valence electrons. The summed E-state index contributed by atoms with van der Waals surface area (Å²) in [4.78, 5) is 32.2. The van der Waals surface area contributed by atoms with E-state index in [1.54, 1.807) is 0 Å². The number of hydrogen-bond donors (Lipinski definition) is 1. The van der Waals surface area contributed by atoms with Gasteiger partial charge in [-0.2, -0.15) is 0 Å². The molecule has 1 aromatic rings. The normalized spacial score (nSPS) is 13.4. The number of carbonyl (C=O) groups excluding carboxylic acids is 2. The van der Waals surface area contributed by atoms with E-state index >= 15 is 0 Å². The van der Waals surface area contributed by atoms with Crippen LogP contribution in [-0.4, -0.2) is 29.8 Å². The van der Waals surface area contributed by atoms with Gasteiger partial charge in [0.05, 0.1) is 12.0 Å². The number of ether oxygens (including phenoxy) is 1. The number of methoxy groups -OCH3 is 1. The fourth-order valence-electron chi connectivity index (χ4n) is 1.68. The largest absolute Gasteiger partial charge is 0.468 e. The lowest BCUT2D eigenvalue weighted by Gasteiger charge is -2.24. The van der Waals surface area contributed by atoms with Crippen molar-refractivity contribution in [1.82, 2.24) is 0 Å². The number of hydrogen-bond acceptors (Lipinski definition) is 6. The van der Waals surface area contributed by atoms with Crippen molar-refractivity contribution in [3.63, 3.8) is 0 Å². The quantitative estimate of drug-likeness (QED) is 0.349. The second-order valence-corrected chi connectivity index (χ2v) is 4.12. The minimum atomic E-state index is -1.45. The molecule has 0 saturated carbocycles. The Labute approximate surface area is 109 Å². The van der Waals surface area contributed by atoms with Crippen molar-refractivity contribution < 1.29 is 19.2 Å². The van der Waals surface area contributed by atoms with Gasteiger partial charge in [0.1, 0.15) is 11.8 Å². The Bertz CT molecular complexity index is 485. The Hall–Kier alpha value is -2.28. The van der Waals surface area contributed by atoms with Crippen LogP contribution in [0.15, 0.2) is 24.3 Å². The molecule has 19 heavy (non-hydrogen) atoms. The standard InChI is InChI=1S/C12H14N2O5/c1-19-11(16)12(13,6-7-15)8-9-2-4-10(5-3-9)14(17)18/h2-5,7H,6,8,13H2,1H3. The van der Waals surface area contributed by atoms with Crippen LogP contribution in [0.1, 0.15) is 12.0 Å². The fraction of sp³-hybridized carbons (Fsp3) is 0.333. The van der Waals surface area contributed by atoms with Crippen molar-refractivity contribution in [1.29, 1.82) is 0 Å². The van der Waals surface area contributed by atoms with E-state index in [1.807, 2.05) is 0 Å². The highest BCUT2D eigenvalue weighted by Crippen LogP contribution is 2.18.